The van der Waals surface area contributed by atoms with Crippen LogP contribution in [0.5, 0.6) is 0 Å². The van der Waals surface area contributed by atoms with Crippen LogP contribution in [-0.4, -0.2) is 36.2 Å². The summed E-state index contributed by atoms with van der Waals surface area (Å²) in [5.41, 5.74) is 1.94. The number of carbonyl (C=O) groups excluding carboxylic acids is 3. The molecule has 0 saturated heterocycles. The predicted molar refractivity (Wildman–Crippen MR) is 136 cm³/mol. The maximum Gasteiger partial charge on any atom is 0.408 e. The number of rotatable bonds is 12. The molecule has 2 aromatic rings. The normalized spacial score (nSPS) is 11.6. The predicted octanol–water partition coefficient (Wildman–Crippen LogP) is 4.41. The minimum absolute atomic E-state index is 0.0208. The molecule has 0 aliphatic heterocycles. The second kappa shape index (κ2) is 14.5. The van der Waals surface area contributed by atoms with Gasteiger partial charge in [-0.3, -0.25) is 9.59 Å². The molecule has 0 aromatic heterocycles. The van der Waals surface area contributed by atoms with Crippen LogP contribution in [0, 0.1) is 11.3 Å². The maximum atomic E-state index is 12.8. The number of benzene rings is 2. The van der Waals surface area contributed by atoms with Crippen molar-refractivity contribution < 1.29 is 23.9 Å². The lowest BCUT2D eigenvalue weighted by Gasteiger charge is -2.21. The number of nitrogens with zero attached hydrogens (tertiary/aromatic N) is 1. The quantitative estimate of drug-likeness (QED) is 0.334. The van der Waals surface area contributed by atoms with Crippen LogP contribution in [0.4, 0.5) is 4.79 Å². The topological polar surface area (TPSA) is 118 Å². The smallest absolute Gasteiger partial charge is 0.408 e. The molecule has 2 amide bonds. The summed E-state index contributed by atoms with van der Waals surface area (Å²) in [6.45, 7) is 5.81. The van der Waals surface area contributed by atoms with E-state index in [1.165, 1.54) is 0 Å². The van der Waals surface area contributed by atoms with Crippen molar-refractivity contribution >= 4 is 18.0 Å². The van der Waals surface area contributed by atoms with Crippen molar-refractivity contribution in [2.45, 2.75) is 71.1 Å². The number of amides is 2. The molecule has 36 heavy (non-hydrogen) atoms. The average molecular weight is 494 g/mol. The number of nitrogens with one attached hydrogen (secondary N) is 2. The van der Waals surface area contributed by atoms with E-state index in [1.54, 1.807) is 32.9 Å². The molecule has 192 valence electrons. The molecular weight excluding hydrogens is 458 g/mol. The molecule has 0 fully saturated rings. The largest absolute Gasteiger partial charge is 0.460 e. The van der Waals surface area contributed by atoms with Crippen molar-refractivity contribution in [3.63, 3.8) is 0 Å². The second-order valence-electron chi connectivity index (χ2n) is 9.44. The Morgan fingerprint density at radius 3 is 2.31 bits per heavy atom. The Labute approximate surface area is 213 Å². The number of esters is 1. The molecular formula is C28H35N3O5. The molecule has 2 rings (SSSR count). The van der Waals surface area contributed by atoms with Crippen LogP contribution in [0.3, 0.4) is 0 Å². The molecule has 0 bridgehead atoms. The van der Waals surface area contributed by atoms with Crippen molar-refractivity contribution in [2.24, 2.45) is 0 Å². The van der Waals surface area contributed by atoms with Crippen LogP contribution in [-0.2, 0) is 32.1 Å². The number of hydrogen-bond donors (Lipinski definition) is 2. The summed E-state index contributed by atoms with van der Waals surface area (Å²) >= 11 is 0. The van der Waals surface area contributed by atoms with Gasteiger partial charge in [-0.15, -0.1) is 0 Å². The summed E-state index contributed by atoms with van der Waals surface area (Å²) in [5, 5.41) is 14.3. The van der Waals surface area contributed by atoms with Gasteiger partial charge < -0.3 is 20.1 Å². The Morgan fingerprint density at radius 2 is 1.67 bits per heavy atom. The third-order valence-electron chi connectivity index (χ3n) is 5.15. The van der Waals surface area contributed by atoms with Gasteiger partial charge >= 0.3 is 12.1 Å². The minimum atomic E-state index is -0.931. The van der Waals surface area contributed by atoms with E-state index in [0.717, 1.165) is 30.4 Å². The van der Waals surface area contributed by atoms with Gasteiger partial charge in [-0.25, -0.2) is 4.79 Å². The van der Waals surface area contributed by atoms with Gasteiger partial charge in [0, 0.05) is 13.0 Å². The highest BCUT2D eigenvalue weighted by Gasteiger charge is 2.24. The number of carbonyl (C=O) groups is 3. The second-order valence-corrected chi connectivity index (χ2v) is 9.44. The van der Waals surface area contributed by atoms with Gasteiger partial charge in [-0.1, -0.05) is 42.5 Å². The first-order chi connectivity index (χ1) is 17.2. The molecule has 2 aromatic carbocycles. The van der Waals surface area contributed by atoms with Crippen LogP contribution in [0.1, 0.15) is 63.1 Å². The Hall–Kier alpha value is -3.86. The Bertz CT molecular complexity index is 1020. The Morgan fingerprint density at radius 1 is 0.972 bits per heavy atom. The molecule has 0 heterocycles. The lowest BCUT2D eigenvalue weighted by molar-refractivity contribution is -0.155. The number of alkyl carbamates (subject to hydrolysis) is 1. The summed E-state index contributed by atoms with van der Waals surface area (Å²) < 4.78 is 10.6. The zero-order chi connectivity index (χ0) is 26.4. The zero-order valence-electron chi connectivity index (χ0n) is 21.2. The van der Waals surface area contributed by atoms with E-state index in [4.69, 9.17) is 14.7 Å². The molecule has 0 aliphatic rings. The molecule has 0 radical (unpaired) electrons. The van der Waals surface area contributed by atoms with Gasteiger partial charge in [-0.05, 0) is 69.7 Å². The van der Waals surface area contributed by atoms with E-state index in [-0.39, 0.29) is 25.4 Å². The first-order valence-corrected chi connectivity index (χ1v) is 12.1. The zero-order valence-corrected chi connectivity index (χ0v) is 21.2. The Kier molecular flexibility index (Phi) is 11.4. The summed E-state index contributed by atoms with van der Waals surface area (Å²) in [5.74, 6) is -0.823. The molecule has 0 saturated carbocycles. The van der Waals surface area contributed by atoms with E-state index in [9.17, 15) is 14.4 Å². The molecule has 1 atom stereocenters. The van der Waals surface area contributed by atoms with Crippen LogP contribution >= 0.6 is 0 Å². The van der Waals surface area contributed by atoms with E-state index < -0.39 is 23.7 Å². The minimum Gasteiger partial charge on any atom is -0.460 e. The lowest BCUT2D eigenvalue weighted by atomic mass is 10.1. The standard InChI is InChI=1S/C28H35N3O5/c1-28(2,3)36-25(32)17-16-24(31-27(34)35-20-23-10-5-4-6-11-23)26(33)30-18-8-7-9-21-12-14-22(19-29)15-13-21/h4-6,10-15,24H,7-9,16-18,20H2,1-3H3,(H,30,33)(H,31,34). The average Bonchev–Trinajstić information content (AvgIpc) is 2.85. The van der Waals surface area contributed by atoms with Crippen LogP contribution < -0.4 is 10.6 Å². The van der Waals surface area contributed by atoms with Crippen LogP contribution in [0.15, 0.2) is 54.6 Å². The van der Waals surface area contributed by atoms with E-state index in [2.05, 4.69) is 16.7 Å². The maximum absolute atomic E-state index is 12.8. The summed E-state index contributed by atoms with van der Waals surface area (Å²) in [6, 6.07) is 17.8. The molecule has 0 spiro atoms. The number of nitriles is 1. The van der Waals surface area contributed by atoms with Gasteiger partial charge in [0.15, 0.2) is 0 Å². The molecule has 8 heteroatoms. The van der Waals surface area contributed by atoms with Crippen molar-refractivity contribution in [3.05, 3.63) is 71.3 Å². The molecule has 1 unspecified atom stereocenters. The van der Waals surface area contributed by atoms with Crippen molar-refractivity contribution in [1.29, 1.82) is 5.26 Å². The SMILES string of the molecule is CC(C)(C)OC(=O)CCC(NC(=O)OCc1ccccc1)C(=O)NCCCCc1ccc(C#N)cc1. The van der Waals surface area contributed by atoms with Crippen LogP contribution in [0.2, 0.25) is 0 Å². The first kappa shape index (κ1) is 28.4. The van der Waals surface area contributed by atoms with Gasteiger partial charge in [0.2, 0.25) is 5.91 Å². The fraction of sp³-hybridized carbons (Fsp3) is 0.429. The van der Waals surface area contributed by atoms with Crippen molar-refractivity contribution in [1.82, 2.24) is 10.6 Å². The number of hydrogen-bond acceptors (Lipinski definition) is 6. The summed E-state index contributed by atoms with van der Waals surface area (Å²) in [6.07, 6.45) is 1.75. The number of aryl methyl sites for hydroxylation is 1. The summed E-state index contributed by atoms with van der Waals surface area (Å²) in [4.78, 5) is 37.3. The lowest BCUT2D eigenvalue weighted by Crippen LogP contribution is -2.47. The molecule has 2 N–H and O–H groups in total. The number of unbranched alkanes of at least 4 members (excludes halogenated alkanes) is 1. The van der Waals surface area contributed by atoms with Crippen molar-refractivity contribution in [2.75, 3.05) is 6.54 Å². The summed E-state index contributed by atoms with van der Waals surface area (Å²) in [7, 11) is 0. The van der Waals surface area contributed by atoms with Gasteiger partial charge in [-0.2, -0.15) is 5.26 Å². The molecule has 8 nitrogen and oxygen atoms in total. The fourth-order valence-corrected chi connectivity index (χ4v) is 3.37. The van der Waals surface area contributed by atoms with Crippen LogP contribution in [0.25, 0.3) is 0 Å². The van der Waals surface area contributed by atoms with Crippen molar-refractivity contribution in [3.8, 4) is 6.07 Å². The van der Waals surface area contributed by atoms with Gasteiger partial charge in [0.25, 0.3) is 0 Å². The monoisotopic (exact) mass is 493 g/mol. The van der Waals surface area contributed by atoms with Gasteiger partial charge in [0.1, 0.15) is 18.2 Å². The fourth-order valence-electron chi connectivity index (χ4n) is 3.37. The third kappa shape index (κ3) is 11.5. The van der Waals surface area contributed by atoms with E-state index in [0.29, 0.717) is 12.1 Å². The third-order valence-corrected chi connectivity index (χ3v) is 5.15. The number of ether oxygens (including phenoxy) is 2. The van der Waals surface area contributed by atoms with Gasteiger partial charge in [0.05, 0.1) is 11.6 Å². The highest BCUT2D eigenvalue weighted by Crippen LogP contribution is 2.11. The van der Waals surface area contributed by atoms with E-state index in [1.807, 2.05) is 42.5 Å². The Balaban J connectivity index is 1.83. The van der Waals surface area contributed by atoms with E-state index >= 15 is 0 Å². The highest BCUT2D eigenvalue weighted by atomic mass is 16.6. The highest BCUT2D eigenvalue weighted by molar-refractivity contribution is 5.86. The first-order valence-electron chi connectivity index (χ1n) is 12.1. The molecule has 0 aliphatic carbocycles.